The van der Waals surface area contributed by atoms with E-state index < -0.39 is 0 Å². The Morgan fingerprint density at radius 2 is 2.19 bits per heavy atom. The number of hydrogen-bond acceptors (Lipinski definition) is 3. The molecule has 1 aromatic heterocycles. The van der Waals surface area contributed by atoms with Crippen LogP contribution in [0.25, 0.3) is 0 Å². The van der Waals surface area contributed by atoms with Crippen molar-refractivity contribution >= 4 is 34.7 Å². The van der Waals surface area contributed by atoms with Crippen molar-refractivity contribution in [2.45, 2.75) is 16.4 Å². The number of nitrogens with zero attached hydrogens (tertiary/aromatic N) is 1. The number of halogens is 2. The van der Waals surface area contributed by atoms with E-state index in [2.05, 4.69) is 4.98 Å². The normalized spacial score (nSPS) is 12.7. The van der Waals surface area contributed by atoms with Crippen LogP contribution in [0.5, 0.6) is 0 Å². The van der Waals surface area contributed by atoms with E-state index in [0.717, 1.165) is 4.21 Å². The second-order valence-corrected chi connectivity index (χ2v) is 6.47. The van der Waals surface area contributed by atoms with Gasteiger partial charge in [0.25, 0.3) is 0 Å². The SMILES string of the molecule is C[C@H](Sc1cnc(Cl)s1)c1ccccc1F. The fraction of sp³-hybridized carbons (Fsp3) is 0.182. The molecule has 0 unspecified atom stereocenters. The third-order valence-corrected chi connectivity index (χ3v) is 4.49. The molecular formula is C11H9ClFNS2. The van der Waals surface area contributed by atoms with Crippen LogP contribution in [0.4, 0.5) is 4.39 Å². The molecule has 1 heterocycles. The first-order valence-corrected chi connectivity index (χ1v) is 6.76. The summed E-state index contributed by atoms with van der Waals surface area (Å²) in [6.45, 7) is 1.97. The summed E-state index contributed by atoms with van der Waals surface area (Å²) in [4.78, 5) is 3.96. The van der Waals surface area contributed by atoms with E-state index in [0.29, 0.717) is 10.0 Å². The molecule has 0 aliphatic carbocycles. The van der Waals surface area contributed by atoms with Gasteiger partial charge in [0.1, 0.15) is 5.82 Å². The van der Waals surface area contributed by atoms with Crippen molar-refractivity contribution in [3.05, 3.63) is 46.3 Å². The molecule has 1 aromatic carbocycles. The summed E-state index contributed by atoms with van der Waals surface area (Å²) >= 11 is 8.72. The first kappa shape index (κ1) is 11.9. The summed E-state index contributed by atoms with van der Waals surface area (Å²) in [7, 11) is 0. The summed E-state index contributed by atoms with van der Waals surface area (Å²) in [5, 5.41) is 0.0534. The lowest BCUT2D eigenvalue weighted by Crippen LogP contribution is -1.91. The van der Waals surface area contributed by atoms with Crippen LogP contribution in [0, 0.1) is 5.82 Å². The van der Waals surface area contributed by atoms with E-state index in [1.54, 1.807) is 30.1 Å². The Balaban J connectivity index is 2.14. The maximum absolute atomic E-state index is 13.5. The van der Waals surface area contributed by atoms with E-state index in [-0.39, 0.29) is 11.1 Å². The highest BCUT2D eigenvalue weighted by Gasteiger charge is 2.13. The van der Waals surface area contributed by atoms with Gasteiger partial charge in [-0.15, -0.1) is 11.8 Å². The summed E-state index contributed by atoms with van der Waals surface area (Å²) in [6.07, 6.45) is 1.72. The summed E-state index contributed by atoms with van der Waals surface area (Å²) in [6, 6.07) is 6.82. The van der Waals surface area contributed by atoms with E-state index >= 15 is 0 Å². The van der Waals surface area contributed by atoms with Crippen LogP contribution in [0.15, 0.2) is 34.7 Å². The zero-order valence-corrected chi connectivity index (χ0v) is 10.9. The molecule has 0 saturated heterocycles. The number of thioether (sulfide) groups is 1. The molecule has 0 fully saturated rings. The minimum atomic E-state index is -0.168. The molecule has 0 aliphatic heterocycles. The number of aromatic nitrogens is 1. The van der Waals surface area contributed by atoms with Gasteiger partial charge in [0.2, 0.25) is 0 Å². The average Bonchev–Trinajstić information content (AvgIpc) is 2.64. The predicted octanol–water partition coefficient (Wildman–Crippen LogP) is 4.79. The first-order chi connectivity index (χ1) is 7.66. The van der Waals surface area contributed by atoms with Crippen molar-refractivity contribution in [3.8, 4) is 0 Å². The fourth-order valence-corrected chi connectivity index (χ4v) is 3.79. The Morgan fingerprint density at radius 3 is 2.81 bits per heavy atom. The third-order valence-electron chi connectivity index (χ3n) is 2.09. The quantitative estimate of drug-likeness (QED) is 0.746. The molecule has 0 N–H and O–H groups in total. The van der Waals surface area contributed by atoms with E-state index in [9.17, 15) is 4.39 Å². The lowest BCUT2D eigenvalue weighted by Gasteiger charge is -2.10. The van der Waals surface area contributed by atoms with Gasteiger partial charge >= 0.3 is 0 Å². The van der Waals surface area contributed by atoms with Gasteiger partial charge in [-0.05, 0) is 13.0 Å². The van der Waals surface area contributed by atoms with Crippen LogP contribution in [0.1, 0.15) is 17.7 Å². The van der Waals surface area contributed by atoms with Gasteiger partial charge < -0.3 is 0 Å². The molecule has 16 heavy (non-hydrogen) atoms. The zero-order chi connectivity index (χ0) is 11.5. The number of hydrogen-bond donors (Lipinski definition) is 0. The highest BCUT2D eigenvalue weighted by atomic mass is 35.5. The fourth-order valence-electron chi connectivity index (χ4n) is 1.34. The van der Waals surface area contributed by atoms with Gasteiger partial charge in [-0.2, -0.15) is 0 Å². The number of rotatable bonds is 3. The first-order valence-electron chi connectivity index (χ1n) is 4.69. The second kappa shape index (κ2) is 5.17. The van der Waals surface area contributed by atoms with Crippen LogP contribution < -0.4 is 0 Å². The van der Waals surface area contributed by atoms with Crippen LogP contribution >= 0.6 is 34.7 Å². The van der Waals surface area contributed by atoms with Crippen molar-refractivity contribution < 1.29 is 4.39 Å². The van der Waals surface area contributed by atoms with Gasteiger partial charge in [0.05, 0.1) is 10.4 Å². The minimum Gasteiger partial charge on any atom is -0.232 e. The summed E-state index contributed by atoms with van der Waals surface area (Å²) < 4.78 is 15.0. The van der Waals surface area contributed by atoms with Gasteiger partial charge in [-0.3, -0.25) is 0 Å². The highest BCUT2D eigenvalue weighted by molar-refractivity contribution is 8.01. The molecule has 1 atom stereocenters. The zero-order valence-electron chi connectivity index (χ0n) is 8.48. The largest absolute Gasteiger partial charge is 0.232 e. The van der Waals surface area contributed by atoms with Crippen LogP contribution in [-0.4, -0.2) is 4.98 Å². The maximum Gasteiger partial charge on any atom is 0.184 e. The van der Waals surface area contributed by atoms with Crippen LogP contribution in [-0.2, 0) is 0 Å². The molecule has 2 aromatic rings. The van der Waals surface area contributed by atoms with Crippen LogP contribution in [0.3, 0.4) is 0 Å². The van der Waals surface area contributed by atoms with Crippen molar-refractivity contribution in [2.75, 3.05) is 0 Å². The molecule has 0 bridgehead atoms. The maximum atomic E-state index is 13.5. The van der Waals surface area contributed by atoms with E-state index in [1.165, 1.54) is 17.4 Å². The monoisotopic (exact) mass is 273 g/mol. The van der Waals surface area contributed by atoms with Crippen molar-refractivity contribution in [1.82, 2.24) is 4.98 Å². The molecule has 84 valence electrons. The van der Waals surface area contributed by atoms with Crippen molar-refractivity contribution in [3.63, 3.8) is 0 Å². The molecule has 0 spiro atoms. The molecular weight excluding hydrogens is 265 g/mol. The van der Waals surface area contributed by atoms with Gasteiger partial charge in [0, 0.05) is 10.8 Å². The second-order valence-electron chi connectivity index (χ2n) is 3.21. The van der Waals surface area contributed by atoms with Crippen LogP contribution in [0.2, 0.25) is 4.47 Å². The molecule has 0 amide bonds. The van der Waals surface area contributed by atoms with E-state index in [1.807, 2.05) is 13.0 Å². The standard InChI is InChI=1S/C11H9ClFNS2/c1-7(8-4-2-3-5-9(8)13)15-10-6-14-11(12)16-10/h2-7H,1H3/t7-/m0/s1. The Kier molecular flexibility index (Phi) is 3.84. The highest BCUT2D eigenvalue weighted by Crippen LogP contribution is 2.39. The average molecular weight is 274 g/mol. The number of benzene rings is 1. The minimum absolute atomic E-state index is 0.0534. The lowest BCUT2D eigenvalue weighted by atomic mass is 10.1. The topological polar surface area (TPSA) is 12.9 Å². The Hall–Kier alpha value is -0.580. The molecule has 0 saturated carbocycles. The molecule has 0 aliphatic rings. The van der Waals surface area contributed by atoms with E-state index in [4.69, 9.17) is 11.6 Å². The predicted molar refractivity (Wildman–Crippen MR) is 67.8 cm³/mol. The summed E-state index contributed by atoms with van der Waals surface area (Å²) in [5.74, 6) is -0.168. The molecule has 2 rings (SSSR count). The third kappa shape index (κ3) is 2.75. The Bertz CT molecular complexity index is 486. The number of thiazole rings is 1. The molecule has 5 heteroatoms. The van der Waals surface area contributed by atoms with Gasteiger partial charge in [-0.1, -0.05) is 41.1 Å². The smallest absolute Gasteiger partial charge is 0.184 e. The Labute approximate surface area is 107 Å². The van der Waals surface area contributed by atoms with Crippen molar-refractivity contribution in [1.29, 1.82) is 0 Å². The molecule has 1 nitrogen and oxygen atoms in total. The Morgan fingerprint density at radius 1 is 1.44 bits per heavy atom. The van der Waals surface area contributed by atoms with Gasteiger partial charge in [0.15, 0.2) is 4.47 Å². The van der Waals surface area contributed by atoms with Gasteiger partial charge in [-0.25, -0.2) is 9.37 Å². The lowest BCUT2D eigenvalue weighted by molar-refractivity contribution is 0.611. The van der Waals surface area contributed by atoms with Crippen molar-refractivity contribution in [2.24, 2.45) is 0 Å². The summed E-state index contributed by atoms with van der Waals surface area (Å²) in [5.41, 5.74) is 0.706. The molecule has 0 radical (unpaired) electrons.